The van der Waals surface area contributed by atoms with Crippen LogP contribution in [0.25, 0.3) is 0 Å². The number of amides is 2. The van der Waals surface area contributed by atoms with Gasteiger partial charge in [0.15, 0.2) is 11.5 Å². The topological polar surface area (TPSA) is 76.6 Å². The van der Waals surface area contributed by atoms with Gasteiger partial charge in [0.2, 0.25) is 11.9 Å². The molecule has 2 heterocycles. The fraction of sp³-hybridized carbons (Fsp3) is 0.438. The molecule has 0 atom stereocenters. The summed E-state index contributed by atoms with van der Waals surface area (Å²) in [4.78, 5) is 14.2. The fourth-order valence-electron chi connectivity index (χ4n) is 2.38. The van der Waals surface area contributed by atoms with Crippen molar-refractivity contribution in [1.82, 2.24) is 15.1 Å². The van der Waals surface area contributed by atoms with Crippen LogP contribution in [0.5, 0.6) is 11.5 Å². The average Bonchev–Trinajstić information content (AvgIpc) is 3.21. The van der Waals surface area contributed by atoms with Gasteiger partial charge in [-0.15, -0.1) is 10.2 Å². The molecule has 7 nitrogen and oxygen atoms in total. The lowest BCUT2D eigenvalue weighted by atomic mass is 10.2. The van der Waals surface area contributed by atoms with E-state index in [1.807, 2.05) is 25.1 Å². The van der Waals surface area contributed by atoms with Crippen LogP contribution in [0.1, 0.15) is 30.8 Å². The molecule has 2 amide bonds. The molecule has 24 heavy (non-hydrogen) atoms. The summed E-state index contributed by atoms with van der Waals surface area (Å²) < 4.78 is 10.7. The van der Waals surface area contributed by atoms with Gasteiger partial charge in [0.25, 0.3) is 0 Å². The average molecular weight is 348 g/mol. The van der Waals surface area contributed by atoms with Crippen LogP contribution in [-0.2, 0) is 13.0 Å². The second-order valence-electron chi connectivity index (χ2n) is 5.38. The molecule has 2 aromatic rings. The number of carbonyl (C=O) groups is 1. The summed E-state index contributed by atoms with van der Waals surface area (Å²) >= 11 is 1.42. The molecule has 8 heteroatoms. The number of urea groups is 1. The summed E-state index contributed by atoms with van der Waals surface area (Å²) in [5.74, 6) is 1.46. The maximum absolute atomic E-state index is 12.4. The molecule has 1 aliphatic rings. The minimum absolute atomic E-state index is 0.186. The SMILES string of the molecule is CCCc1nnc(NC(=O)N(CC)Cc2ccc3c(c2)OCO3)s1. The molecule has 1 N–H and O–H groups in total. The zero-order valence-corrected chi connectivity index (χ0v) is 14.6. The highest BCUT2D eigenvalue weighted by molar-refractivity contribution is 7.15. The van der Waals surface area contributed by atoms with E-state index >= 15 is 0 Å². The van der Waals surface area contributed by atoms with Crippen LogP contribution in [0, 0.1) is 0 Å². The van der Waals surface area contributed by atoms with Gasteiger partial charge in [0, 0.05) is 19.5 Å². The minimum Gasteiger partial charge on any atom is -0.454 e. The Morgan fingerprint density at radius 1 is 1.29 bits per heavy atom. The van der Waals surface area contributed by atoms with Crippen LogP contribution >= 0.6 is 11.3 Å². The third-order valence-corrected chi connectivity index (χ3v) is 4.52. The summed E-state index contributed by atoms with van der Waals surface area (Å²) in [6, 6.07) is 5.52. The number of nitrogens with zero attached hydrogens (tertiary/aromatic N) is 3. The standard InChI is InChI=1S/C16H20N4O3S/c1-3-5-14-18-19-15(24-14)17-16(21)20(4-2)9-11-6-7-12-13(8-11)23-10-22-12/h6-8H,3-5,9-10H2,1-2H3,(H,17,19,21). The first-order valence-corrected chi connectivity index (χ1v) is 8.78. The van der Waals surface area contributed by atoms with Gasteiger partial charge in [-0.05, 0) is 31.0 Å². The number of benzene rings is 1. The second-order valence-corrected chi connectivity index (χ2v) is 6.44. The Morgan fingerprint density at radius 2 is 2.12 bits per heavy atom. The lowest BCUT2D eigenvalue weighted by Gasteiger charge is -2.20. The number of carbonyl (C=O) groups excluding carboxylic acids is 1. The van der Waals surface area contributed by atoms with E-state index in [2.05, 4.69) is 22.4 Å². The zero-order chi connectivity index (χ0) is 16.9. The number of aromatic nitrogens is 2. The molecule has 1 aliphatic heterocycles. The maximum Gasteiger partial charge on any atom is 0.323 e. The Bertz CT molecular complexity index is 719. The number of anilines is 1. The molecule has 3 rings (SSSR count). The highest BCUT2D eigenvalue weighted by Crippen LogP contribution is 2.32. The van der Waals surface area contributed by atoms with E-state index in [1.165, 1.54) is 11.3 Å². The summed E-state index contributed by atoms with van der Waals surface area (Å²) in [7, 11) is 0. The second kappa shape index (κ2) is 7.48. The highest BCUT2D eigenvalue weighted by Gasteiger charge is 2.17. The van der Waals surface area contributed by atoms with Crippen molar-refractivity contribution < 1.29 is 14.3 Å². The fourth-order valence-corrected chi connectivity index (χ4v) is 3.21. The van der Waals surface area contributed by atoms with Crippen LogP contribution in [0.4, 0.5) is 9.93 Å². The predicted molar refractivity (Wildman–Crippen MR) is 91.6 cm³/mol. The Morgan fingerprint density at radius 3 is 2.92 bits per heavy atom. The largest absolute Gasteiger partial charge is 0.454 e. The van der Waals surface area contributed by atoms with Gasteiger partial charge in [-0.25, -0.2) is 4.79 Å². The Labute approximate surface area is 144 Å². The van der Waals surface area contributed by atoms with Crippen molar-refractivity contribution in [3.05, 3.63) is 28.8 Å². The van der Waals surface area contributed by atoms with E-state index < -0.39 is 0 Å². The van der Waals surface area contributed by atoms with E-state index in [-0.39, 0.29) is 12.8 Å². The minimum atomic E-state index is -0.186. The first kappa shape index (κ1) is 16.5. The van der Waals surface area contributed by atoms with Crippen LogP contribution < -0.4 is 14.8 Å². The maximum atomic E-state index is 12.4. The first-order valence-electron chi connectivity index (χ1n) is 7.96. The van der Waals surface area contributed by atoms with Crippen LogP contribution in [0.3, 0.4) is 0 Å². The lowest BCUT2D eigenvalue weighted by molar-refractivity contribution is 0.174. The molecule has 0 saturated carbocycles. The van der Waals surface area contributed by atoms with Crippen molar-refractivity contribution in [2.45, 2.75) is 33.2 Å². The Balaban J connectivity index is 1.63. The third-order valence-electron chi connectivity index (χ3n) is 3.62. The molecule has 1 aromatic heterocycles. The van der Waals surface area contributed by atoms with Gasteiger partial charge in [-0.2, -0.15) is 0 Å². The van der Waals surface area contributed by atoms with E-state index in [0.29, 0.717) is 18.2 Å². The number of ether oxygens (including phenoxy) is 2. The molecule has 0 radical (unpaired) electrons. The van der Waals surface area contributed by atoms with Crippen molar-refractivity contribution >= 4 is 22.5 Å². The molecule has 0 bridgehead atoms. The monoisotopic (exact) mass is 348 g/mol. The molecule has 0 aliphatic carbocycles. The summed E-state index contributed by atoms with van der Waals surface area (Å²) in [5, 5.41) is 12.4. The van der Waals surface area contributed by atoms with Crippen molar-refractivity contribution in [3.8, 4) is 11.5 Å². The first-order chi connectivity index (χ1) is 11.7. The van der Waals surface area contributed by atoms with Crippen molar-refractivity contribution in [1.29, 1.82) is 0 Å². The molecule has 0 unspecified atom stereocenters. The Hall–Kier alpha value is -2.35. The van der Waals surface area contributed by atoms with Crippen LogP contribution in [-0.4, -0.2) is 34.5 Å². The van der Waals surface area contributed by atoms with E-state index in [9.17, 15) is 4.79 Å². The van der Waals surface area contributed by atoms with Gasteiger partial charge in [0.05, 0.1) is 0 Å². The van der Waals surface area contributed by atoms with E-state index in [0.717, 1.165) is 34.9 Å². The van der Waals surface area contributed by atoms with Gasteiger partial charge >= 0.3 is 6.03 Å². The molecular formula is C16H20N4O3S. The summed E-state index contributed by atoms with van der Waals surface area (Å²) in [6.45, 7) is 5.34. The molecule has 0 fully saturated rings. The van der Waals surface area contributed by atoms with Gasteiger partial charge in [-0.1, -0.05) is 24.3 Å². The van der Waals surface area contributed by atoms with Gasteiger partial charge in [0.1, 0.15) is 5.01 Å². The van der Waals surface area contributed by atoms with E-state index in [1.54, 1.807) is 4.90 Å². The number of hydrogen-bond acceptors (Lipinski definition) is 6. The van der Waals surface area contributed by atoms with Crippen molar-refractivity contribution in [2.75, 3.05) is 18.7 Å². The Kier molecular flexibility index (Phi) is 5.14. The van der Waals surface area contributed by atoms with Crippen LogP contribution in [0.15, 0.2) is 18.2 Å². The van der Waals surface area contributed by atoms with Crippen LogP contribution in [0.2, 0.25) is 0 Å². The third kappa shape index (κ3) is 3.76. The number of hydrogen-bond donors (Lipinski definition) is 1. The number of fused-ring (bicyclic) bond motifs is 1. The lowest BCUT2D eigenvalue weighted by Crippen LogP contribution is -2.34. The molecule has 1 aromatic carbocycles. The normalized spacial score (nSPS) is 12.2. The predicted octanol–water partition coefficient (Wildman–Crippen LogP) is 3.27. The molecule has 128 valence electrons. The highest BCUT2D eigenvalue weighted by atomic mass is 32.1. The number of aryl methyl sites for hydroxylation is 1. The molecular weight excluding hydrogens is 328 g/mol. The summed E-state index contributed by atoms with van der Waals surface area (Å²) in [5.41, 5.74) is 0.986. The number of rotatable bonds is 6. The zero-order valence-electron chi connectivity index (χ0n) is 13.7. The van der Waals surface area contributed by atoms with Gasteiger partial charge in [-0.3, -0.25) is 5.32 Å². The van der Waals surface area contributed by atoms with Crippen molar-refractivity contribution in [3.63, 3.8) is 0 Å². The number of nitrogens with one attached hydrogen (secondary N) is 1. The van der Waals surface area contributed by atoms with Gasteiger partial charge < -0.3 is 14.4 Å². The summed E-state index contributed by atoms with van der Waals surface area (Å²) in [6.07, 6.45) is 1.88. The van der Waals surface area contributed by atoms with Crippen molar-refractivity contribution in [2.24, 2.45) is 0 Å². The van der Waals surface area contributed by atoms with E-state index in [4.69, 9.17) is 9.47 Å². The smallest absolute Gasteiger partial charge is 0.323 e. The quantitative estimate of drug-likeness (QED) is 0.867. The molecule has 0 spiro atoms. The molecule has 0 saturated heterocycles.